The predicted octanol–water partition coefficient (Wildman–Crippen LogP) is 2.53. The number of methoxy groups -OCH3 is 3. The number of hydrogen-bond donors (Lipinski definition) is 1. The van der Waals surface area contributed by atoms with Crippen molar-refractivity contribution in [1.29, 1.82) is 0 Å². The van der Waals surface area contributed by atoms with E-state index >= 15 is 0 Å². The molecule has 2 rings (SSSR count). The standard InChI is InChI=1S/C19H28N2O5S/c1-5-6-7-8-20-18(22)14-11-27-12-21(14)19(23)13-9-15(24-2)17(26-4)16(10-13)25-3/h9-10,14H,5-8,11-12H2,1-4H3,(H,20,22)/t14-/m1/s1. The first-order valence-corrected chi connectivity index (χ1v) is 10.2. The van der Waals surface area contributed by atoms with Gasteiger partial charge < -0.3 is 24.4 Å². The van der Waals surface area contributed by atoms with Crippen LogP contribution >= 0.6 is 11.8 Å². The summed E-state index contributed by atoms with van der Waals surface area (Å²) in [4.78, 5) is 27.2. The van der Waals surface area contributed by atoms with Crippen LogP contribution in [0.25, 0.3) is 0 Å². The molecule has 1 N–H and O–H groups in total. The number of nitrogens with one attached hydrogen (secondary N) is 1. The third kappa shape index (κ3) is 5.00. The lowest BCUT2D eigenvalue weighted by atomic mass is 10.1. The van der Waals surface area contributed by atoms with Gasteiger partial charge in [-0.2, -0.15) is 0 Å². The fraction of sp³-hybridized carbons (Fsp3) is 0.579. The zero-order chi connectivity index (χ0) is 19.8. The fourth-order valence-electron chi connectivity index (χ4n) is 2.93. The number of hydrogen-bond acceptors (Lipinski definition) is 6. The van der Waals surface area contributed by atoms with Gasteiger partial charge in [0.25, 0.3) is 5.91 Å². The lowest BCUT2D eigenvalue weighted by Gasteiger charge is -2.24. The van der Waals surface area contributed by atoms with Crippen molar-refractivity contribution >= 4 is 23.6 Å². The summed E-state index contributed by atoms with van der Waals surface area (Å²) in [5.41, 5.74) is 0.399. The third-order valence-electron chi connectivity index (χ3n) is 4.44. The number of carbonyl (C=O) groups is 2. The average Bonchev–Trinajstić information content (AvgIpc) is 3.19. The molecule has 150 valence electrons. The molecule has 27 heavy (non-hydrogen) atoms. The molecule has 1 fully saturated rings. The van der Waals surface area contributed by atoms with E-state index in [4.69, 9.17) is 14.2 Å². The minimum absolute atomic E-state index is 0.100. The van der Waals surface area contributed by atoms with E-state index in [9.17, 15) is 9.59 Å². The van der Waals surface area contributed by atoms with Gasteiger partial charge in [-0.05, 0) is 18.6 Å². The van der Waals surface area contributed by atoms with Gasteiger partial charge in [0.1, 0.15) is 6.04 Å². The number of thioether (sulfide) groups is 1. The molecule has 1 saturated heterocycles. The highest BCUT2D eigenvalue weighted by Crippen LogP contribution is 2.39. The summed E-state index contributed by atoms with van der Waals surface area (Å²) in [5, 5.41) is 2.94. The molecule has 0 aliphatic carbocycles. The molecule has 1 aromatic rings. The molecule has 1 atom stereocenters. The normalized spacial score (nSPS) is 16.1. The maximum Gasteiger partial charge on any atom is 0.255 e. The van der Waals surface area contributed by atoms with Gasteiger partial charge in [0.15, 0.2) is 11.5 Å². The van der Waals surface area contributed by atoms with E-state index in [-0.39, 0.29) is 11.8 Å². The fourth-order valence-corrected chi connectivity index (χ4v) is 4.09. The first-order chi connectivity index (χ1) is 13.1. The summed E-state index contributed by atoms with van der Waals surface area (Å²) < 4.78 is 15.9. The van der Waals surface area contributed by atoms with E-state index in [1.54, 1.807) is 28.8 Å². The molecule has 0 spiro atoms. The van der Waals surface area contributed by atoms with E-state index in [1.165, 1.54) is 21.3 Å². The van der Waals surface area contributed by atoms with E-state index in [2.05, 4.69) is 12.2 Å². The topological polar surface area (TPSA) is 77.1 Å². The van der Waals surface area contributed by atoms with Crippen LogP contribution in [0.1, 0.15) is 36.5 Å². The minimum Gasteiger partial charge on any atom is -0.493 e. The van der Waals surface area contributed by atoms with Crippen molar-refractivity contribution in [3.8, 4) is 17.2 Å². The molecule has 0 unspecified atom stereocenters. The Kier molecular flexibility index (Phi) is 8.09. The Morgan fingerprint density at radius 1 is 1.15 bits per heavy atom. The molecular weight excluding hydrogens is 368 g/mol. The molecule has 1 aliphatic rings. The molecule has 0 aromatic heterocycles. The first kappa shape index (κ1) is 21.2. The summed E-state index contributed by atoms with van der Waals surface area (Å²) in [6.45, 7) is 2.76. The minimum atomic E-state index is -0.469. The Hall–Kier alpha value is -2.09. The Morgan fingerprint density at radius 2 is 1.81 bits per heavy atom. The summed E-state index contributed by atoms with van der Waals surface area (Å²) in [6.07, 6.45) is 3.12. The smallest absolute Gasteiger partial charge is 0.255 e. The lowest BCUT2D eigenvalue weighted by molar-refractivity contribution is -0.124. The molecule has 1 aromatic carbocycles. The zero-order valence-corrected chi connectivity index (χ0v) is 17.2. The van der Waals surface area contributed by atoms with Crippen molar-refractivity contribution in [3.63, 3.8) is 0 Å². The number of ether oxygens (including phenoxy) is 3. The summed E-state index contributed by atoms with van der Waals surface area (Å²) in [7, 11) is 4.52. The van der Waals surface area contributed by atoms with Crippen LogP contribution in [-0.4, -0.2) is 62.3 Å². The molecule has 1 aliphatic heterocycles. The average molecular weight is 397 g/mol. The predicted molar refractivity (Wildman–Crippen MR) is 106 cm³/mol. The zero-order valence-electron chi connectivity index (χ0n) is 16.4. The van der Waals surface area contributed by atoms with Gasteiger partial charge in [-0.15, -0.1) is 11.8 Å². The molecule has 0 radical (unpaired) electrons. The summed E-state index contributed by atoms with van der Waals surface area (Å²) >= 11 is 1.57. The largest absolute Gasteiger partial charge is 0.493 e. The summed E-state index contributed by atoms with van der Waals surface area (Å²) in [6, 6.07) is 2.76. The molecule has 2 amide bonds. The Morgan fingerprint density at radius 3 is 2.37 bits per heavy atom. The maximum absolute atomic E-state index is 13.1. The first-order valence-electron chi connectivity index (χ1n) is 9.03. The van der Waals surface area contributed by atoms with Crippen molar-refractivity contribution in [2.45, 2.75) is 32.2 Å². The van der Waals surface area contributed by atoms with Gasteiger partial charge in [0.05, 0.1) is 27.2 Å². The van der Waals surface area contributed by atoms with Crippen molar-refractivity contribution in [1.82, 2.24) is 10.2 Å². The second kappa shape index (κ2) is 10.3. The Balaban J connectivity index is 2.17. The Bertz CT molecular complexity index is 642. The SMILES string of the molecule is CCCCCNC(=O)[C@H]1CSCN1C(=O)c1cc(OC)c(OC)c(OC)c1. The van der Waals surface area contributed by atoms with E-state index in [0.717, 1.165) is 19.3 Å². The molecule has 0 saturated carbocycles. The number of nitrogens with zero attached hydrogens (tertiary/aromatic N) is 1. The van der Waals surface area contributed by atoms with Gasteiger partial charge in [-0.25, -0.2) is 0 Å². The Labute approximate surface area is 164 Å². The van der Waals surface area contributed by atoms with Crippen LogP contribution in [0.2, 0.25) is 0 Å². The third-order valence-corrected chi connectivity index (χ3v) is 5.45. The van der Waals surface area contributed by atoms with Crippen LogP contribution in [0.3, 0.4) is 0 Å². The van der Waals surface area contributed by atoms with Crippen LogP contribution in [0.4, 0.5) is 0 Å². The molecule has 7 nitrogen and oxygen atoms in total. The van der Waals surface area contributed by atoms with Crippen molar-refractivity contribution in [3.05, 3.63) is 17.7 Å². The van der Waals surface area contributed by atoms with E-state index < -0.39 is 6.04 Å². The second-order valence-electron chi connectivity index (χ2n) is 6.20. The van der Waals surface area contributed by atoms with Gasteiger partial charge >= 0.3 is 0 Å². The molecule has 0 bridgehead atoms. The van der Waals surface area contributed by atoms with Crippen LogP contribution in [-0.2, 0) is 4.79 Å². The highest BCUT2D eigenvalue weighted by atomic mass is 32.2. The number of carbonyl (C=O) groups excluding carboxylic acids is 2. The lowest BCUT2D eigenvalue weighted by Crippen LogP contribution is -2.47. The second-order valence-corrected chi connectivity index (χ2v) is 7.20. The van der Waals surface area contributed by atoms with Gasteiger partial charge in [-0.3, -0.25) is 9.59 Å². The van der Waals surface area contributed by atoms with Crippen molar-refractivity contribution in [2.24, 2.45) is 0 Å². The monoisotopic (exact) mass is 396 g/mol. The molecule has 1 heterocycles. The van der Waals surface area contributed by atoms with E-state index in [1.807, 2.05) is 0 Å². The van der Waals surface area contributed by atoms with Gasteiger partial charge in [0, 0.05) is 17.9 Å². The van der Waals surface area contributed by atoms with Crippen LogP contribution in [0.5, 0.6) is 17.2 Å². The van der Waals surface area contributed by atoms with E-state index in [0.29, 0.717) is 41.0 Å². The van der Waals surface area contributed by atoms with Gasteiger partial charge in [-0.1, -0.05) is 19.8 Å². The highest BCUT2D eigenvalue weighted by molar-refractivity contribution is 7.99. The van der Waals surface area contributed by atoms with Crippen LogP contribution in [0, 0.1) is 0 Å². The van der Waals surface area contributed by atoms with Crippen LogP contribution < -0.4 is 19.5 Å². The van der Waals surface area contributed by atoms with Gasteiger partial charge in [0.2, 0.25) is 11.7 Å². The molecular formula is C19H28N2O5S. The number of amides is 2. The summed E-state index contributed by atoms with van der Waals surface area (Å²) in [5.74, 6) is 1.99. The van der Waals surface area contributed by atoms with Crippen molar-refractivity contribution in [2.75, 3.05) is 39.5 Å². The highest BCUT2D eigenvalue weighted by Gasteiger charge is 2.35. The quantitative estimate of drug-likeness (QED) is 0.647. The van der Waals surface area contributed by atoms with Crippen molar-refractivity contribution < 1.29 is 23.8 Å². The number of unbranched alkanes of at least 4 members (excludes halogenated alkanes) is 2. The number of benzene rings is 1. The number of rotatable bonds is 9. The van der Waals surface area contributed by atoms with Crippen LogP contribution in [0.15, 0.2) is 12.1 Å². The molecule has 8 heteroatoms. The maximum atomic E-state index is 13.1.